The van der Waals surface area contributed by atoms with Gasteiger partial charge in [-0.25, -0.2) is 0 Å². The highest BCUT2D eigenvalue weighted by Gasteiger charge is 2.20. The van der Waals surface area contributed by atoms with E-state index < -0.39 is 0 Å². The number of nitrogens with one attached hydrogen (secondary N) is 1. The van der Waals surface area contributed by atoms with Crippen LogP contribution in [0.2, 0.25) is 0 Å². The van der Waals surface area contributed by atoms with Crippen LogP contribution in [0, 0.1) is 12.8 Å². The normalized spacial score (nSPS) is 19.9. The van der Waals surface area contributed by atoms with Crippen LogP contribution >= 0.6 is 15.9 Å². The van der Waals surface area contributed by atoms with Crippen molar-refractivity contribution in [1.29, 1.82) is 0 Å². The highest BCUT2D eigenvalue weighted by molar-refractivity contribution is 9.10. The Kier molecular flexibility index (Phi) is 3.06. The topological polar surface area (TPSA) is 12.0 Å². The SMILES string of the molecule is Cc1cc2c(cc1Br)NC(C(C)C)CC2. The van der Waals surface area contributed by atoms with Crippen LogP contribution in [-0.2, 0) is 6.42 Å². The average Bonchev–Trinajstić information content (AvgIpc) is 2.19. The summed E-state index contributed by atoms with van der Waals surface area (Å²) in [6, 6.07) is 5.15. The quantitative estimate of drug-likeness (QED) is 0.807. The van der Waals surface area contributed by atoms with Crippen molar-refractivity contribution in [2.45, 2.75) is 39.7 Å². The zero-order valence-electron chi connectivity index (χ0n) is 9.60. The van der Waals surface area contributed by atoms with Gasteiger partial charge in [0, 0.05) is 16.2 Å². The van der Waals surface area contributed by atoms with Gasteiger partial charge in [-0.3, -0.25) is 0 Å². The second-order valence-electron chi connectivity index (χ2n) is 4.79. The zero-order valence-corrected chi connectivity index (χ0v) is 11.2. The van der Waals surface area contributed by atoms with E-state index in [0.717, 1.165) is 0 Å². The summed E-state index contributed by atoms with van der Waals surface area (Å²) in [6.07, 6.45) is 2.46. The molecule has 1 aromatic carbocycles. The van der Waals surface area contributed by atoms with Gasteiger partial charge in [0.05, 0.1) is 0 Å². The highest BCUT2D eigenvalue weighted by Crippen LogP contribution is 2.32. The van der Waals surface area contributed by atoms with Gasteiger partial charge in [0.1, 0.15) is 0 Å². The van der Waals surface area contributed by atoms with Crippen LogP contribution in [0.5, 0.6) is 0 Å². The number of hydrogen-bond acceptors (Lipinski definition) is 1. The molecule has 1 aliphatic rings. The van der Waals surface area contributed by atoms with Crippen LogP contribution in [0.4, 0.5) is 5.69 Å². The molecular weight excluding hydrogens is 250 g/mol. The third-order valence-corrected chi connectivity index (χ3v) is 4.11. The van der Waals surface area contributed by atoms with Crippen molar-refractivity contribution in [2.75, 3.05) is 5.32 Å². The number of anilines is 1. The molecule has 1 nitrogen and oxygen atoms in total. The van der Waals surface area contributed by atoms with Crippen LogP contribution in [0.15, 0.2) is 16.6 Å². The Morgan fingerprint density at radius 3 is 2.80 bits per heavy atom. The van der Waals surface area contributed by atoms with E-state index in [0.29, 0.717) is 12.0 Å². The second-order valence-corrected chi connectivity index (χ2v) is 5.65. The zero-order chi connectivity index (χ0) is 11.0. The number of rotatable bonds is 1. The van der Waals surface area contributed by atoms with Crippen molar-refractivity contribution < 1.29 is 0 Å². The molecule has 1 heterocycles. The number of hydrogen-bond donors (Lipinski definition) is 1. The molecule has 1 unspecified atom stereocenters. The molecule has 0 aliphatic carbocycles. The third-order valence-electron chi connectivity index (χ3n) is 3.25. The molecule has 0 saturated carbocycles. The fraction of sp³-hybridized carbons (Fsp3) is 0.538. The summed E-state index contributed by atoms with van der Waals surface area (Å²) in [4.78, 5) is 0. The molecule has 0 spiro atoms. The molecule has 1 aliphatic heterocycles. The average molecular weight is 268 g/mol. The Morgan fingerprint density at radius 1 is 1.40 bits per heavy atom. The van der Waals surface area contributed by atoms with Crippen molar-refractivity contribution in [3.8, 4) is 0 Å². The molecule has 0 radical (unpaired) electrons. The van der Waals surface area contributed by atoms with Crippen molar-refractivity contribution in [3.05, 3.63) is 27.7 Å². The van der Waals surface area contributed by atoms with E-state index in [1.165, 1.54) is 34.1 Å². The van der Waals surface area contributed by atoms with Gasteiger partial charge in [-0.15, -0.1) is 0 Å². The van der Waals surface area contributed by atoms with Crippen molar-refractivity contribution >= 4 is 21.6 Å². The Hall–Kier alpha value is -0.500. The maximum atomic E-state index is 3.63. The summed E-state index contributed by atoms with van der Waals surface area (Å²) in [5.41, 5.74) is 4.11. The summed E-state index contributed by atoms with van der Waals surface area (Å²) < 4.78 is 1.21. The minimum Gasteiger partial charge on any atom is -0.382 e. The fourth-order valence-electron chi connectivity index (χ4n) is 2.17. The number of benzene rings is 1. The smallest absolute Gasteiger partial charge is 0.0386 e. The lowest BCUT2D eigenvalue weighted by Crippen LogP contribution is -2.30. The predicted octanol–water partition coefficient (Wildman–Crippen LogP) is 4.14. The lowest BCUT2D eigenvalue weighted by Gasteiger charge is -2.30. The molecule has 0 bridgehead atoms. The van der Waals surface area contributed by atoms with E-state index in [-0.39, 0.29) is 0 Å². The first-order valence-electron chi connectivity index (χ1n) is 5.63. The molecule has 15 heavy (non-hydrogen) atoms. The van der Waals surface area contributed by atoms with Crippen LogP contribution < -0.4 is 5.32 Å². The summed E-state index contributed by atoms with van der Waals surface area (Å²) in [7, 11) is 0. The van der Waals surface area contributed by atoms with Crippen molar-refractivity contribution in [1.82, 2.24) is 0 Å². The fourth-order valence-corrected chi connectivity index (χ4v) is 2.51. The van der Waals surface area contributed by atoms with E-state index in [9.17, 15) is 0 Å². The van der Waals surface area contributed by atoms with Crippen LogP contribution in [0.3, 0.4) is 0 Å². The largest absolute Gasteiger partial charge is 0.382 e. The maximum absolute atomic E-state index is 3.63. The van der Waals surface area contributed by atoms with E-state index in [1.54, 1.807) is 0 Å². The Bertz CT molecular complexity index is 371. The van der Waals surface area contributed by atoms with Crippen molar-refractivity contribution in [3.63, 3.8) is 0 Å². The number of halogens is 1. The minimum absolute atomic E-state index is 0.632. The summed E-state index contributed by atoms with van der Waals surface area (Å²) >= 11 is 3.59. The Morgan fingerprint density at radius 2 is 2.13 bits per heavy atom. The third kappa shape index (κ3) is 2.20. The molecular formula is C13H18BrN. The lowest BCUT2D eigenvalue weighted by molar-refractivity contribution is 0.483. The van der Waals surface area contributed by atoms with Gasteiger partial charge in [-0.2, -0.15) is 0 Å². The molecule has 0 amide bonds. The number of fused-ring (bicyclic) bond motifs is 1. The van der Waals surface area contributed by atoms with Gasteiger partial charge in [0.2, 0.25) is 0 Å². The summed E-state index contributed by atoms with van der Waals surface area (Å²) in [5.74, 6) is 0.707. The molecule has 1 N–H and O–H groups in total. The standard InChI is InChI=1S/C13H18BrN/c1-8(2)12-5-4-10-6-9(3)11(14)7-13(10)15-12/h6-8,12,15H,4-5H2,1-3H3. The monoisotopic (exact) mass is 267 g/mol. The first-order valence-corrected chi connectivity index (χ1v) is 6.43. The van der Waals surface area contributed by atoms with E-state index in [4.69, 9.17) is 0 Å². The van der Waals surface area contributed by atoms with Crippen LogP contribution in [0.25, 0.3) is 0 Å². The van der Waals surface area contributed by atoms with Gasteiger partial charge in [-0.1, -0.05) is 35.8 Å². The number of aryl methyl sites for hydroxylation is 2. The molecule has 82 valence electrons. The van der Waals surface area contributed by atoms with Gasteiger partial charge in [0.25, 0.3) is 0 Å². The van der Waals surface area contributed by atoms with Gasteiger partial charge < -0.3 is 5.32 Å². The molecule has 1 aromatic rings. The minimum atomic E-state index is 0.632. The summed E-state index contributed by atoms with van der Waals surface area (Å²) in [5, 5.41) is 3.63. The van der Waals surface area contributed by atoms with Gasteiger partial charge in [-0.05, 0) is 42.9 Å². The molecule has 2 heteroatoms. The summed E-state index contributed by atoms with van der Waals surface area (Å²) in [6.45, 7) is 6.72. The first kappa shape index (κ1) is 11.0. The molecule has 1 atom stereocenters. The molecule has 2 rings (SSSR count). The van der Waals surface area contributed by atoms with E-state index in [2.05, 4.69) is 54.2 Å². The van der Waals surface area contributed by atoms with Gasteiger partial charge >= 0.3 is 0 Å². The lowest BCUT2D eigenvalue weighted by atomic mass is 9.91. The first-order chi connectivity index (χ1) is 7.08. The molecule has 0 saturated heterocycles. The Balaban J connectivity index is 2.30. The second kappa shape index (κ2) is 4.17. The predicted molar refractivity (Wildman–Crippen MR) is 69.4 cm³/mol. The van der Waals surface area contributed by atoms with Gasteiger partial charge in [0.15, 0.2) is 0 Å². The van der Waals surface area contributed by atoms with E-state index >= 15 is 0 Å². The Labute approximate surface area is 100 Å². The highest BCUT2D eigenvalue weighted by atomic mass is 79.9. The van der Waals surface area contributed by atoms with Crippen LogP contribution in [-0.4, -0.2) is 6.04 Å². The molecule has 0 fully saturated rings. The molecule has 0 aromatic heterocycles. The van der Waals surface area contributed by atoms with E-state index in [1.807, 2.05) is 0 Å². The van der Waals surface area contributed by atoms with Crippen LogP contribution in [0.1, 0.15) is 31.4 Å². The maximum Gasteiger partial charge on any atom is 0.0386 e. The van der Waals surface area contributed by atoms with Crippen molar-refractivity contribution in [2.24, 2.45) is 5.92 Å².